The van der Waals surface area contributed by atoms with E-state index in [-0.39, 0.29) is 24.1 Å². The maximum atomic E-state index is 13.3. The summed E-state index contributed by atoms with van der Waals surface area (Å²) in [5, 5.41) is 11.8. The van der Waals surface area contributed by atoms with E-state index < -0.39 is 0 Å². The van der Waals surface area contributed by atoms with Gasteiger partial charge in [-0.15, -0.1) is 0 Å². The van der Waals surface area contributed by atoms with Crippen LogP contribution >= 0.6 is 11.6 Å². The van der Waals surface area contributed by atoms with Gasteiger partial charge in [-0.2, -0.15) is 10.2 Å². The van der Waals surface area contributed by atoms with Crippen LogP contribution in [0.2, 0.25) is 5.02 Å². The molecule has 158 valence electrons. The van der Waals surface area contributed by atoms with Gasteiger partial charge in [-0.3, -0.25) is 9.48 Å². The third-order valence-electron chi connectivity index (χ3n) is 4.49. The molecule has 0 aliphatic carbocycles. The van der Waals surface area contributed by atoms with Crippen molar-refractivity contribution in [2.75, 3.05) is 5.32 Å². The predicted molar refractivity (Wildman–Crippen MR) is 115 cm³/mol. The van der Waals surface area contributed by atoms with Crippen LogP contribution in [0.4, 0.5) is 10.1 Å². The smallest absolute Gasteiger partial charge is 0.276 e. The number of carbonyl (C=O) groups excluding carboxylic acids is 1. The van der Waals surface area contributed by atoms with Crippen LogP contribution in [0.15, 0.2) is 67.1 Å². The van der Waals surface area contributed by atoms with Gasteiger partial charge in [-0.1, -0.05) is 23.7 Å². The van der Waals surface area contributed by atoms with E-state index in [4.69, 9.17) is 16.3 Å². The number of amides is 1. The van der Waals surface area contributed by atoms with Crippen molar-refractivity contribution >= 4 is 23.2 Å². The summed E-state index contributed by atoms with van der Waals surface area (Å²) >= 11 is 6.01. The highest BCUT2D eigenvalue weighted by Gasteiger charge is 2.12. The average molecular weight is 440 g/mol. The maximum absolute atomic E-state index is 13.3. The normalized spacial score (nSPS) is 10.8. The second kappa shape index (κ2) is 9.01. The van der Waals surface area contributed by atoms with Crippen molar-refractivity contribution in [1.82, 2.24) is 19.6 Å². The Kier molecular flexibility index (Phi) is 5.99. The molecule has 2 aromatic heterocycles. The van der Waals surface area contributed by atoms with Crippen LogP contribution in [-0.4, -0.2) is 25.5 Å². The Hall–Kier alpha value is -3.65. The minimum Gasteiger partial charge on any atom is -0.471 e. The van der Waals surface area contributed by atoms with Crippen LogP contribution in [0, 0.1) is 12.7 Å². The summed E-state index contributed by atoms with van der Waals surface area (Å²) in [6.45, 7) is 2.44. The SMILES string of the molecule is Cc1cc(OCn2ccc(C(=O)Nc3cnn(Cc4cccc(F)c4)c3)n2)ccc1Cl. The van der Waals surface area contributed by atoms with E-state index in [9.17, 15) is 9.18 Å². The predicted octanol–water partition coefficient (Wildman–Crippen LogP) is 4.52. The zero-order chi connectivity index (χ0) is 21.8. The first-order valence-electron chi connectivity index (χ1n) is 9.47. The number of aryl methyl sites for hydroxylation is 1. The Balaban J connectivity index is 1.33. The van der Waals surface area contributed by atoms with E-state index in [1.807, 2.05) is 19.1 Å². The number of rotatable bonds is 7. The lowest BCUT2D eigenvalue weighted by Gasteiger charge is -2.07. The number of nitrogens with zero attached hydrogens (tertiary/aromatic N) is 4. The van der Waals surface area contributed by atoms with E-state index in [0.717, 1.165) is 11.1 Å². The van der Waals surface area contributed by atoms with Gasteiger partial charge in [-0.05, 0) is 54.4 Å². The minimum absolute atomic E-state index is 0.153. The van der Waals surface area contributed by atoms with Crippen LogP contribution in [0.3, 0.4) is 0 Å². The Bertz CT molecular complexity index is 1220. The van der Waals surface area contributed by atoms with E-state index >= 15 is 0 Å². The van der Waals surface area contributed by atoms with Crippen molar-refractivity contribution < 1.29 is 13.9 Å². The molecule has 7 nitrogen and oxygen atoms in total. The molecule has 0 spiro atoms. The summed E-state index contributed by atoms with van der Waals surface area (Å²) in [5.41, 5.74) is 2.45. The Morgan fingerprint density at radius 3 is 2.87 bits per heavy atom. The highest BCUT2D eigenvalue weighted by atomic mass is 35.5. The first-order chi connectivity index (χ1) is 15.0. The number of carbonyl (C=O) groups is 1. The fourth-order valence-corrected chi connectivity index (χ4v) is 3.05. The monoisotopic (exact) mass is 439 g/mol. The molecule has 0 unspecified atom stereocenters. The number of halogens is 2. The maximum Gasteiger partial charge on any atom is 0.276 e. The summed E-state index contributed by atoms with van der Waals surface area (Å²) in [5.74, 6) is -0.00977. The molecule has 0 aliphatic heterocycles. The number of aromatic nitrogens is 4. The van der Waals surface area contributed by atoms with Crippen molar-refractivity contribution in [2.24, 2.45) is 0 Å². The quantitative estimate of drug-likeness (QED) is 0.459. The molecule has 1 N–H and O–H groups in total. The van der Waals surface area contributed by atoms with Gasteiger partial charge in [0.1, 0.15) is 11.6 Å². The minimum atomic E-state index is -0.369. The molecule has 9 heteroatoms. The molecule has 4 aromatic rings. The molecule has 0 fully saturated rings. The molecule has 4 rings (SSSR count). The fourth-order valence-electron chi connectivity index (χ4n) is 2.93. The highest BCUT2D eigenvalue weighted by molar-refractivity contribution is 6.31. The van der Waals surface area contributed by atoms with Gasteiger partial charge in [-0.25, -0.2) is 9.07 Å². The molecule has 0 atom stereocenters. The molecule has 31 heavy (non-hydrogen) atoms. The van der Waals surface area contributed by atoms with E-state index in [0.29, 0.717) is 23.0 Å². The Morgan fingerprint density at radius 1 is 1.19 bits per heavy atom. The number of nitrogens with one attached hydrogen (secondary N) is 1. The van der Waals surface area contributed by atoms with Crippen molar-refractivity contribution in [2.45, 2.75) is 20.2 Å². The van der Waals surface area contributed by atoms with Gasteiger partial charge >= 0.3 is 0 Å². The van der Waals surface area contributed by atoms with Crippen LogP contribution < -0.4 is 10.1 Å². The summed E-state index contributed by atoms with van der Waals surface area (Å²) in [6.07, 6.45) is 4.86. The van der Waals surface area contributed by atoms with Crippen molar-refractivity contribution in [3.05, 3.63) is 94.8 Å². The van der Waals surface area contributed by atoms with Crippen molar-refractivity contribution in [3.63, 3.8) is 0 Å². The second-order valence-corrected chi connectivity index (χ2v) is 7.34. The number of ether oxygens (including phenoxy) is 1. The number of hydrogen-bond donors (Lipinski definition) is 1. The molecule has 2 heterocycles. The molecule has 0 radical (unpaired) electrons. The van der Waals surface area contributed by atoms with Gasteiger partial charge in [0.15, 0.2) is 12.4 Å². The lowest BCUT2D eigenvalue weighted by molar-refractivity contribution is 0.102. The molecular weight excluding hydrogens is 421 g/mol. The number of hydrogen-bond acceptors (Lipinski definition) is 4. The zero-order valence-corrected chi connectivity index (χ0v) is 17.4. The van der Waals surface area contributed by atoms with Gasteiger partial charge < -0.3 is 10.1 Å². The van der Waals surface area contributed by atoms with Crippen LogP contribution in [0.25, 0.3) is 0 Å². The number of anilines is 1. The standard InChI is InChI=1S/C22H19ClFN5O2/c1-15-9-19(5-6-20(15)23)31-14-28-8-7-21(27-28)22(30)26-18-11-25-29(13-18)12-16-3-2-4-17(24)10-16/h2-11,13H,12,14H2,1H3,(H,26,30). The van der Waals surface area contributed by atoms with Crippen molar-refractivity contribution in [3.8, 4) is 5.75 Å². The van der Waals surface area contributed by atoms with Crippen LogP contribution in [0.1, 0.15) is 21.6 Å². The lowest BCUT2D eigenvalue weighted by Crippen LogP contribution is -2.14. The van der Waals surface area contributed by atoms with E-state index in [2.05, 4.69) is 15.5 Å². The second-order valence-electron chi connectivity index (χ2n) is 6.94. The van der Waals surface area contributed by atoms with Crippen LogP contribution in [-0.2, 0) is 13.3 Å². The first-order valence-corrected chi connectivity index (χ1v) is 9.85. The molecule has 0 saturated heterocycles. The summed E-state index contributed by atoms with van der Waals surface area (Å²) in [6, 6.07) is 13.3. The van der Waals surface area contributed by atoms with Gasteiger partial charge in [0.25, 0.3) is 5.91 Å². The average Bonchev–Trinajstić information content (AvgIpc) is 3.38. The van der Waals surface area contributed by atoms with Crippen molar-refractivity contribution in [1.29, 1.82) is 0 Å². The Morgan fingerprint density at radius 2 is 2.06 bits per heavy atom. The molecule has 0 aliphatic rings. The third kappa shape index (κ3) is 5.29. The van der Waals surface area contributed by atoms with Crippen LogP contribution in [0.5, 0.6) is 5.75 Å². The fraction of sp³-hybridized carbons (Fsp3) is 0.136. The summed E-state index contributed by atoms with van der Waals surface area (Å²) in [4.78, 5) is 12.5. The highest BCUT2D eigenvalue weighted by Crippen LogP contribution is 2.21. The largest absolute Gasteiger partial charge is 0.471 e. The molecular formula is C22H19ClFN5O2. The van der Waals surface area contributed by atoms with E-state index in [1.165, 1.54) is 23.0 Å². The third-order valence-corrected chi connectivity index (χ3v) is 4.91. The summed E-state index contributed by atoms with van der Waals surface area (Å²) in [7, 11) is 0. The molecule has 1 amide bonds. The van der Waals surface area contributed by atoms with Gasteiger partial charge in [0.05, 0.1) is 18.4 Å². The zero-order valence-electron chi connectivity index (χ0n) is 16.6. The van der Waals surface area contributed by atoms with Gasteiger partial charge in [0.2, 0.25) is 0 Å². The Labute approximate surface area is 183 Å². The first kappa shape index (κ1) is 20.6. The number of benzene rings is 2. The summed E-state index contributed by atoms with van der Waals surface area (Å²) < 4.78 is 22.1. The lowest BCUT2D eigenvalue weighted by atomic mass is 10.2. The van der Waals surface area contributed by atoms with E-state index in [1.54, 1.807) is 41.3 Å². The molecule has 0 bridgehead atoms. The molecule has 2 aromatic carbocycles. The topological polar surface area (TPSA) is 74.0 Å². The van der Waals surface area contributed by atoms with Gasteiger partial charge in [0, 0.05) is 17.4 Å². The molecule has 0 saturated carbocycles.